The minimum Gasteiger partial charge on any atom is -0.348 e. The molecule has 2 aromatic carbocycles. The maximum absolute atomic E-state index is 2.26. The molecule has 1 heterocycles. The summed E-state index contributed by atoms with van der Waals surface area (Å²) in [6, 6.07) is 15.2. The van der Waals surface area contributed by atoms with E-state index in [9.17, 15) is 0 Å². The lowest BCUT2D eigenvalue weighted by atomic mass is 10.1. The molecule has 0 unspecified atom stereocenters. The normalized spacial score (nSPS) is 11.3. The van der Waals surface area contributed by atoms with Gasteiger partial charge in [0.1, 0.15) is 0 Å². The average Bonchev–Trinajstić information content (AvgIpc) is 2.56. The average molecular weight is 195 g/mol. The zero-order valence-corrected chi connectivity index (χ0v) is 8.99. The fourth-order valence-electron chi connectivity index (χ4n) is 2.22. The Labute approximate surface area is 88.9 Å². The molecule has 0 fully saturated rings. The molecule has 0 N–H and O–H groups in total. The van der Waals surface area contributed by atoms with Crippen LogP contribution in [0, 0.1) is 6.92 Å². The highest BCUT2D eigenvalue weighted by Crippen LogP contribution is 2.27. The van der Waals surface area contributed by atoms with Gasteiger partial charge in [-0.05, 0) is 29.8 Å². The van der Waals surface area contributed by atoms with Crippen molar-refractivity contribution in [2.45, 2.75) is 6.92 Å². The number of aryl methyl sites for hydroxylation is 2. The van der Waals surface area contributed by atoms with Gasteiger partial charge in [-0.15, -0.1) is 0 Å². The first-order valence-electron chi connectivity index (χ1n) is 5.21. The summed E-state index contributed by atoms with van der Waals surface area (Å²) in [6.07, 6.45) is 0. The molecule has 15 heavy (non-hydrogen) atoms. The quantitative estimate of drug-likeness (QED) is 0.516. The van der Waals surface area contributed by atoms with Gasteiger partial charge in [-0.25, -0.2) is 0 Å². The van der Waals surface area contributed by atoms with Crippen molar-refractivity contribution in [1.29, 1.82) is 0 Å². The molecule has 3 rings (SSSR count). The second-order valence-corrected chi connectivity index (χ2v) is 4.06. The molecule has 0 aliphatic carbocycles. The van der Waals surface area contributed by atoms with E-state index in [-0.39, 0.29) is 0 Å². The van der Waals surface area contributed by atoms with Crippen LogP contribution in [0.3, 0.4) is 0 Å². The summed E-state index contributed by atoms with van der Waals surface area (Å²) in [7, 11) is 2.12. The summed E-state index contributed by atoms with van der Waals surface area (Å²) in [4.78, 5) is 0. The van der Waals surface area contributed by atoms with Crippen LogP contribution in [0.4, 0.5) is 0 Å². The Balaban J connectivity index is 2.60. The van der Waals surface area contributed by atoms with Crippen molar-refractivity contribution in [2.24, 2.45) is 7.05 Å². The van der Waals surface area contributed by atoms with Gasteiger partial charge in [-0.1, -0.05) is 30.3 Å². The lowest BCUT2D eigenvalue weighted by Gasteiger charge is -2.01. The van der Waals surface area contributed by atoms with Crippen molar-refractivity contribution in [1.82, 2.24) is 4.57 Å². The van der Waals surface area contributed by atoms with E-state index >= 15 is 0 Å². The van der Waals surface area contributed by atoms with E-state index in [1.54, 1.807) is 0 Å². The fraction of sp³-hybridized carbons (Fsp3) is 0.143. The summed E-state index contributed by atoms with van der Waals surface area (Å²) in [5.74, 6) is 0. The van der Waals surface area contributed by atoms with Gasteiger partial charge in [-0.2, -0.15) is 0 Å². The third kappa shape index (κ3) is 1.09. The third-order valence-corrected chi connectivity index (χ3v) is 3.19. The Bertz CT molecular complexity index is 647. The smallest absolute Gasteiger partial charge is 0.0486 e. The van der Waals surface area contributed by atoms with Crippen molar-refractivity contribution < 1.29 is 0 Å². The molecule has 0 spiro atoms. The maximum Gasteiger partial charge on any atom is 0.0486 e. The van der Waals surface area contributed by atoms with Gasteiger partial charge in [0.15, 0.2) is 0 Å². The second kappa shape index (κ2) is 2.86. The summed E-state index contributed by atoms with van der Waals surface area (Å²) in [5, 5.41) is 4.02. The van der Waals surface area contributed by atoms with Gasteiger partial charge in [0.05, 0.1) is 0 Å². The number of hydrogen-bond donors (Lipinski definition) is 0. The first-order valence-corrected chi connectivity index (χ1v) is 5.21. The molecule has 3 aromatic rings. The number of hydrogen-bond acceptors (Lipinski definition) is 0. The highest BCUT2D eigenvalue weighted by Gasteiger charge is 2.04. The molecule has 1 nitrogen and oxygen atoms in total. The van der Waals surface area contributed by atoms with E-state index in [4.69, 9.17) is 0 Å². The van der Waals surface area contributed by atoms with Crippen LogP contribution < -0.4 is 0 Å². The van der Waals surface area contributed by atoms with Crippen LogP contribution in [-0.2, 0) is 7.05 Å². The van der Waals surface area contributed by atoms with E-state index in [0.717, 1.165) is 0 Å². The monoisotopic (exact) mass is 195 g/mol. The number of aromatic nitrogens is 1. The zero-order chi connectivity index (χ0) is 10.4. The van der Waals surface area contributed by atoms with E-state index in [0.29, 0.717) is 0 Å². The Morgan fingerprint density at radius 3 is 2.60 bits per heavy atom. The van der Waals surface area contributed by atoms with E-state index in [1.165, 1.54) is 27.4 Å². The molecular formula is C14H13N. The summed E-state index contributed by atoms with van der Waals surface area (Å²) in [5.41, 5.74) is 2.62. The Morgan fingerprint density at radius 1 is 0.933 bits per heavy atom. The SMILES string of the molecule is Cc1cc2c3ccccc3ccc2n1C. The summed E-state index contributed by atoms with van der Waals surface area (Å²) >= 11 is 0. The highest BCUT2D eigenvalue weighted by molar-refractivity contribution is 6.06. The molecule has 0 atom stereocenters. The largest absolute Gasteiger partial charge is 0.348 e. The third-order valence-electron chi connectivity index (χ3n) is 3.19. The van der Waals surface area contributed by atoms with Crippen molar-refractivity contribution in [3.05, 3.63) is 48.2 Å². The lowest BCUT2D eigenvalue weighted by Crippen LogP contribution is -1.88. The van der Waals surface area contributed by atoms with Gasteiger partial charge in [0.2, 0.25) is 0 Å². The molecule has 0 saturated heterocycles. The topological polar surface area (TPSA) is 4.93 Å². The molecule has 0 amide bonds. The summed E-state index contributed by atoms with van der Waals surface area (Å²) in [6.45, 7) is 2.15. The maximum atomic E-state index is 2.26. The standard InChI is InChI=1S/C14H13N/c1-10-9-13-12-6-4-3-5-11(12)7-8-14(13)15(10)2/h3-9H,1-2H3. The molecule has 1 aromatic heterocycles. The van der Waals surface area contributed by atoms with Crippen LogP contribution >= 0.6 is 0 Å². The minimum absolute atomic E-state index is 1.31. The van der Waals surface area contributed by atoms with Crippen molar-refractivity contribution >= 4 is 21.7 Å². The Kier molecular flexibility index (Phi) is 1.63. The van der Waals surface area contributed by atoms with E-state index in [2.05, 4.69) is 61.0 Å². The van der Waals surface area contributed by atoms with Gasteiger partial charge < -0.3 is 4.57 Å². The van der Waals surface area contributed by atoms with Crippen LogP contribution in [0.5, 0.6) is 0 Å². The molecule has 0 saturated carbocycles. The minimum atomic E-state index is 1.31. The van der Waals surface area contributed by atoms with E-state index in [1.807, 2.05) is 0 Å². The van der Waals surface area contributed by atoms with Crippen molar-refractivity contribution in [3.8, 4) is 0 Å². The van der Waals surface area contributed by atoms with Gasteiger partial charge in [-0.3, -0.25) is 0 Å². The Morgan fingerprint density at radius 2 is 1.73 bits per heavy atom. The van der Waals surface area contributed by atoms with Gasteiger partial charge in [0, 0.05) is 23.6 Å². The molecule has 74 valence electrons. The van der Waals surface area contributed by atoms with Crippen LogP contribution in [0.15, 0.2) is 42.5 Å². The predicted molar refractivity (Wildman–Crippen MR) is 65.2 cm³/mol. The van der Waals surface area contributed by atoms with E-state index < -0.39 is 0 Å². The first-order chi connectivity index (χ1) is 7.27. The van der Waals surface area contributed by atoms with Crippen LogP contribution in [0.1, 0.15) is 5.69 Å². The molecule has 0 aliphatic rings. The van der Waals surface area contributed by atoms with Gasteiger partial charge >= 0.3 is 0 Å². The molecule has 1 heteroatoms. The number of fused-ring (bicyclic) bond motifs is 3. The number of nitrogens with zero attached hydrogens (tertiary/aromatic N) is 1. The van der Waals surface area contributed by atoms with Gasteiger partial charge in [0.25, 0.3) is 0 Å². The second-order valence-electron chi connectivity index (χ2n) is 4.06. The first kappa shape index (κ1) is 8.54. The zero-order valence-electron chi connectivity index (χ0n) is 8.99. The molecule has 0 aliphatic heterocycles. The highest BCUT2D eigenvalue weighted by atomic mass is 14.9. The predicted octanol–water partition coefficient (Wildman–Crippen LogP) is 3.64. The number of rotatable bonds is 0. The van der Waals surface area contributed by atoms with Crippen LogP contribution in [-0.4, -0.2) is 4.57 Å². The molecule has 0 radical (unpaired) electrons. The van der Waals surface area contributed by atoms with Crippen LogP contribution in [0.2, 0.25) is 0 Å². The lowest BCUT2D eigenvalue weighted by molar-refractivity contribution is 0.918. The number of benzene rings is 2. The van der Waals surface area contributed by atoms with Crippen molar-refractivity contribution in [3.63, 3.8) is 0 Å². The Hall–Kier alpha value is -1.76. The molecular weight excluding hydrogens is 182 g/mol. The fourth-order valence-corrected chi connectivity index (χ4v) is 2.22. The summed E-state index contributed by atoms with van der Waals surface area (Å²) < 4.78 is 2.24. The van der Waals surface area contributed by atoms with Crippen molar-refractivity contribution in [2.75, 3.05) is 0 Å². The molecule has 0 bridgehead atoms. The van der Waals surface area contributed by atoms with Crippen LogP contribution in [0.25, 0.3) is 21.7 Å².